The van der Waals surface area contributed by atoms with Crippen molar-refractivity contribution in [1.29, 1.82) is 0 Å². The number of carbonyl (C=O) groups is 1. The number of amides is 1. The van der Waals surface area contributed by atoms with Gasteiger partial charge in [0.1, 0.15) is 17.3 Å². The average molecular weight is 411 g/mol. The summed E-state index contributed by atoms with van der Waals surface area (Å²) in [4.78, 5) is 11.9. The molecule has 0 bridgehead atoms. The van der Waals surface area contributed by atoms with E-state index in [1.54, 1.807) is 12.1 Å². The first kappa shape index (κ1) is 20.7. The van der Waals surface area contributed by atoms with Crippen LogP contribution in [0.25, 0.3) is 11.3 Å². The van der Waals surface area contributed by atoms with Gasteiger partial charge in [-0.1, -0.05) is 56.6 Å². The van der Waals surface area contributed by atoms with Crippen LogP contribution >= 0.6 is 11.6 Å². The molecule has 0 aliphatic rings. The van der Waals surface area contributed by atoms with Crippen LogP contribution in [-0.2, 0) is 10.2 Å². The zero-order chi connectivity index (χ0) is 20.9. The fraction of sp³-hybridized carbons (Fsp3) is 0.217. The van der Waals surface area contributed by atoms with Gasteiger partial charge in [-0.3, -0.25) is 4.79 Å². The molecule has 3 aromatic rings. The van der Waals surface area contributed by atoms with E-state index in [2.05, 4.69) is 31.3 Å². The number of rotatable bonds is 6. The summed E-state index contributed by atoms with van der Waals surface area (Å²) in [5.41, 5.74) is 4.56. The summed E-state index contributed by atoms with van der Waals surface area (Å²) >= 11 is 5.99. The van der Waals surface area contributed by atoms with Crippen LogP contribution in [0.3, 0.4) is 0 Å². The molecule has 0 unspecified atom stereocenters. The molecule has 0 atom stereocenters. The molecule has 0 saturated heterocycles. The summed E-state index contributed by atoms with van der Waals surface area (Å²) in [5, 5.41) is 4.53. The highest BCUT2D eigenvalue weighted by atomic mass is 35.5. The van der Waals surface area contributed by atoms with E-state index in [9.17, 15) is 4.79 Å². The van der Waals surface area contributed by atoms with Crippen molar-refractivity contribution in [2.24, 2.45) is 5.10 Å². The second-order valence-electron chi connectivity index (χ2n) is 7.57. The Bertz CT molecular complexity index is 1000. The SMILES string of the molecule is CC(C)(C)c1ccc(OCC(=O)N/N=C/c2ccc(-c3cccc(Cl)c3)o2)cc1. The molecule has 1 heterocycles. The molecule has 29 heavy (non-hydrogen) atoms. The van der Waals surface area contributed by atoms with E-state index < -0.39 is 0 Å². The highest BCUT2D eigenvalue weighted by molar-refractivity contribution is 6.30. The minimum absolute atomic E-state index is 0.0725. The second kappa shape index (κ2) is 8.97. The Morgan fingerprint density at radius 2 is 1.90 bits per heavy atom. The largest absolute Gasteiger partial charge is 0.484 e. The van der Waals surface area contributed by atoms with Crippen molar-refractivity contribution in [3.8, 4) is 17.1 Å². The van der Waals surface area contributed by atoms with Crippen molar-refractivity contribution < 1.29 is 13.9 Å². The Morgan fingerprint density at radius 3 is 2.59 bits per heavy atom. The Morgan fingerprint density at radius 1 is 1.14 bits per heavy atom. The maximum absolute atomic E-state index is 11.9. The zero-order valence-electron chi connectivity index (χ0n) is 16.6. The summed E-state index contributed by atoms with van der Waals surface area (Å²) in [7, 11) is 0. The molecule has 2 aromatic carbocycles. The molecule has 6 heteroatoms. The van der Waals surface area contributed by atoms with Crippen molar-refractivity contribution in [2.45, 2.75) is 26.2 Å². The van der Waals surface area contributed by atoms with Crippen molar-refractivity contribution in [3.63, 3.8) is 0 Å². The molecule has 5 nitrogen and oxygen atoms in total. The van der Waals surface area contributed by atoms with E-state index in [0.717, 1.165) is 5.56 Å². The molecule has 0 aliphatic heterocycles. The molecule has 0 saturated carbocycles. The maximum atomic E-state index is 11.9. The lowest BCUT2D eigenvalue weighted by Crippen LogP contribution is -2.24. The van der Waals surface area contributed by atoms with E-state index in [1.165, 1.54) is 11.8 Å². The zero-order valence-corrected chi connectivity index (χ0v) is 17.4. The summed E-state index contributed by atoms with van der Waals surface area (Å²) in [6.45, 7) is 6.31. The molecule has 3 rings (SSSR count). The van der Waals surface area contributed by atoms with E-state index in [1.807, 2.05) is 48.5 Å². The molecule has 1 aromatic heterocycles. The number of nitrogens with zero attached hydrogens (tertiary/aromatic N) is 1. The molecular weight excluding hydrogens is 388 g/mol. The Labute approximate surface area is 175 Å². The lowest BCUT2D eigenvalue weighted by Gasteiger charge is -2.19. The van der Waals surface area contributed by atoms with Gasteiger partial charge < -0.3 is 9.15 Å². The van der Waals surface area contributed by atoms with Crippen LogP contribution < -0.4 is 10.2 Å². The summed E-state index contributed by atoms with van der Waals surface area (Å²) in [5.74, 6) is 1.46. The fourth-order valence-electron chi connectivity index (χ4n) is 2.62. The summed E-state index contributed by atoms with van der Waals surface area (Å²) < 4.78 is 11.2. The van der Waals surface area contributed by atoms with E-state index in [4.69, 9.17) is 20.8 Å². The Hall–Kier alpha value is -3.05. The van der Waals surface area contributed by atoms with Gasteiger partial charge in [0, 0.05) is 10.6 Å². The first-order valence-electron chi connectivity index (χ1n) is 9.22. The molecular formula is C23H23ClN2O3. The van der Waals surface area contributed by atoms with Crippen LogP contribution in [0.15, 0.2) is 70.2 Å². The van der Waals surface area contributed by atoms with Gasteiger partial charge in [-0.25, -0.2) is 5.43 Å². The Kier molecular flexibility index (Phi) is 6.39. The lowest BCUT2D eigenvalue weighted by molar-refractivity contribution is -0.123. The third-order valence-electron chi connectivity index (χ3n) is 4.21. The molecule has 0 radical (unpaired) electrons. The number of benzene rings is 2. The predicted octanol–water partition coefficient (Wildman–Crippen LogP) is 5.43. The van der Waals surface area contributed by atoms with E-state index in [0.29, 0.717) is 22.3 Å². The highest BCUT2D eigenvalue weighted by Crippen LogP contribution is 2.25. The maximum Gasteiger partial charge on any atom is 0.277 e. The Balaban J connectivity index is 1.49. The molecule has 0 aliphatic carbocycles. The number of carbonyl (C=O) groups excluding carboxylic acids is 1. The summed E-state index contributed by atoms with van der Waals surface area (Å²) in [6, 6.07) is 18.7. The van der Waals surface area contributed by atoms with Crippen LogP contribution in [0.1, 0.15) is 32.1 Å². The average Bonchev–Trinajstić information content (AvgIpc) is 3.15. The topological polar surface area (TPSA) is 63.8 Å². The minimum atomic E-state index is -0.359. The van der Waals surface area contributed by atoms with E-state index in [-0.39, 0.29) is 17.9 Å². The van der Waals surface area contributed by atoms with Crippen LogP contribution in [-0.4, -0.2) is 18.7 Å². The fourth-order valence-corrected chi connectivity index (χ4v) is 2.81. The van der Waals surface area contributed by atoms with Crippen LogP contribution in [0.2, 0.25) is 5.02 Å². The molecule has 1 N–H and O–H groups in total. The monoisotopic (exact) mass is 410 g/mol. The lowest BCUT2D eigenvalue weighted by atomic mass is 9.87. The van der Waals surface area contributed by atoms with Crippen molar-refractivity contribution in [3.05, 3.63) is 77.0 Å². The number of hydrazone groups is 1. The number of hydrogen-bond acceptors (Lipinski definition) is 4. The summed E-state index contributed by atoms with van der Waals surface area (Å²) in [6.07, 6.45) is 1.43. The van der Waals surface area contributed by atoms with Gasteiger partial charge in [-0.05, 0) is 47.4 Å². The van der Waals surface area contributed by atoms with Crippen molar-refractivity contribution in [1.82, 2.24) is 5.43 Å². The predicted molar refractivity (Wildman–Crippen MR) is 116 cm³/mol. The van der Waals surface area contributed by atoms with Gasteiger partial charge in [0.2, 0.25) is 0 Å². The van der Waals surface area contributed by atoms with Gasteiger partial charge >= 0.3 is 0 Å². The highest BCUT2D eigenvalue weighted by Gasteiger charge is 2.13. The normalized spacial score (nSPS) is 11.6. The van der Waals surface area contributed by atoms with Gasteiger partial charge in [-0.15, -0.1) is 0 Å². The van der Waals surface area contributed by atoms with Gasteiger partial charge in [0.05, 0.1) is 6.21 Å². The van der Waals surface area contributed by atoms with Crippen LogP contribution in [0.4, 0.5) is 0 Å². The van der Waals surface area contributed by atoms with Crippen molar-refractivity contribution in [2.75, 3.05) is 6.61 Å². The smallest absolute Gasteiger partial charge is 0.277 e. The first-order valence-corrected chi connectivity index (χ1v) is 9.60. The number of ether oxygens (including phenoxy) is 1. The number of nitrogens with one attached hydrogen (secondary N) is 1. The molecule has 150 valence electrons. The van der Waals surface area contributed by atoms with Gasteiger partial charge in [0.25, 0.3) is 5.91 Å². The van der Waals surface area contributed by atoms with Crippen LogP contribution in [0.5, 0.6) is 5.75 Å². The number of halogens is 1. The van der Waals surface area contributed by atoms with Crippen LogP contribution in [0, 0.1) is 0 Å². The third kappa shape index (κ3) is 5.96. The second-order valence-corrected chi connectivity index (χ2v) is 8.01. The third-order valence-corrected chi connectivity index (χ3v) is 4.44. The quantitative estimate of drug-likeness (QED) is 0.435. The molecule has 0 fully saturated rings. The molecule has 1 amide bonds. The molecule has 0 spiro atoms. The van der Waals surface area contributed by atoms with Gasteiger partial charge in [0.15, 0.2) is 6.61 Å². The number of furan rings is 1. The standard InChI is InChI=1S/C23H23ClN2O3/c1-23(2,3)17-7-9-19(10-8-17)28-15-22(27)26-25-14-20-11-12-21(29-20)16-5-4-6-18(24)13-16/h4-14H,15H2,1-3H3,(H,26,27)/b25-14+. The van der Waals surface area contributed by atoms with E-state index >= 15 is 0 Å². The van der Waals surface area contributed by atoms with Gasteiger partial charge in [-0.2, -0.15) is 5.10 Å². The van der Waals surface area contributed by atoms with Crippen molar-refractivity contribution >= 4 is 23.7 Å². The minimum Gasteiger partial charge on any atom is -0.484 e. The first-order chi connectivity index (χ1) is 13.8. The number of hydrogen-bond donors (Lipinski definition) is 1.